The van der Waals surface area contributed by atoms with E-state index in [1.807, 2.05) is 24.4 Å². The second kappa shape index (κ2) is 13.1. The Hall–Kier alpha value is -4.54. The molecule has 0 saturated carbocycles. The Morgan fingerprint density at radius 3 is 2.42 bits per heavy atom. The maximum absolute atomic E-state index is 12.9. The summed E-state index contributed by atoms with van der Waals surface area (Å²) in [7, 11) is 0. The normalized spacial score (nSPS) is 11.2. The zero-order chi connectivity index (χ0) is 26.7. The molecule has 0 unspecified atom stereocenters. The third-order valence-electron chi connectivity index (χ3n) is 4.93. The number of rotatable bonds is 10. The van der Waals surface area contributed by atoms with Crippen LogP contribution in [-0.2, 0) is 4.79 Å². The molecule has 2 N–H and O–H groups in total. The Kier molecular flexibility index (Phi) is 9.17. The van der Waals surface area contributed by atoms with E-state index >= 15 is 0 Å². The predicted octanol–water partition coefficient (Wildman–Crippen LogP) is 5.35. The molecule has 8 nitrogen and oxygen atoms in total. The zero-order valence-electron chi connectivity index (χ0n) is 20.2. The Morgan fingerprint density at radius 1 is 0.921 bits per heavy atom. The number of nitrogens with one attached hydrogen (secondary N) is 2. The summed E-state index contributed by atoms with van der Waals surface area (Å²) in [5, 5.41) is 10.4. The molecule has 0 atom stereocenters. The molecular formula is C28H23N3O5S2. The average molecular weight is 546 g/mol. The topological polar surface area (TPSA) is 106 Å². The fourth-order valence-electron chi connectivity index (χ4n) is 3.19. The van der Waals surface area contributed by atoms with Gasteiger partial charge in [-0.3, -0.25) is 9.59 Å². The molecule has 0 aliphatic carbocycles. The summed E-state index contributed by atoms with van der Waals surface area (Å²) in [6.45, 7) is 2.18. The maximum atomic E-state index is 12.9. The van der Waals surface area contributed by atoms with Crippen LogP contribution in [0, 0.1) is 0 Å². The van der Waals surface area contributed by atoms with Crippen molar-refractivity contribution in [2.75, 3.05) is 6.61 Å². The largest absolute Gasteiger partial charge is 0.490 e. The Morgan fingerprint density at radius 2 is 1.71 bits per heavy atom. The van der Waals surface area contributed by atoms with Gasteiger partial charge in [0.05, 0.1) is 12.8 Å². The average Bonchev–Trinajstić information content (AvgIpc) is 3.65. The Labute approximate surface area is 227 Å². The van der Waals surface area contributed by atoms with E-state index in [4.69, 9.17) is 9.47 Å². The van der Waals surface area contributed by atoms with E-state index in [2.05, 4.69) is 15.8 Å². The van der Waals surface area contributed by atoms with E-state index in [-0.39, 0.29) is 11.4 Å². The van der Waals surface area contributed by atoms with Crippen molar-refractivity contribution in [3.8, 4) is 11.5 Å². The monoisotopic (exact) mass is 545 g/mol. The molecule has 38 heavy (non-hydrogen) atoms. The molecule has 0 bridgehead atoms. The van der Waals surface area contributed by atoms with Crippen LogP contribution in [0.5, 0.6) is 11.5 Å². The minimum absolute atomic E-state index is 0.0456. The Balaban J connectivity index is 1.46. The third-order valence-corrected chi connectivity index (χ3v) is 6.60. The summed E-state index contributed by atoms with van der Waals surface area (Å²) < 4.78 is 11.1. The van der Waals surface area contributed by atoms with E-state index in [0.717, 1.165) is 4.88 Å². The van der Waals surface area contributed by atoms with Gasteiger partial charge in [0.2, 0.25) is 0 Å². The van der Waals surface area contributed by atoms with Crippen molar-refractivity contribution in [1.82, 2.24) is 10.7 Å². The van der Waals surface area contributed by atoms with Gasteiger partial charge in [-0.05, 0) is 71.8 Å². The van der Waals surface area contributed by atoms with Crippen LogP contribution in [-0.4, -0.2) is 30.6 Å². The van der Waals surface area contributed by atoms with Gasteiger partial charge in [-0.2, -0.15) is 5.10 Å². The molecule has 2 heterocycles. The third kappa shape index (κ3) is 7.25. The molecule has 0 spiro atoms. The van der Waals surface area contributed by atoms with Gasteiger partial charge in [0, 0.05) is 10.4 Å². The standard InChI is InChI=1S/C28H23N3O5S2/c1-2-35-24-16-19(12-13-23(24)36-28(34)25-11-7-15-38-25)18-29-31-27(33)22(17-21-10-6-14-37-21)30-26(32)20-8-4-3-5-9-20/h3-18H,2H2,1H3,(H,30,32)(H,31,33). The number of ether oxygens (including phenoxy) is 2. The van der Waals surface area contributed by atoms with E-state index < -0.39 is 17.8 Å². The second-order valence-electron chi connectivity index (χ2n) is 7.60. The summed E-state index contributed by atoms with van der Waals surface area (Å²) >= 11 is 2.71. The van der Waals surface area contributed by atoms with Crippen molar-refractivity contribution in [3.05, 3.63) is 110 Å². The fraction of sp³-hybridized carbons (Fsp3) is 0.0714. The van der Waals surface area contributed by atoms with Crippen molar-refractivity contribution in [2.45, 2.75) is 6.92 Å². The lowest BCUT2D eigenvalue weighted by Gasteiger charge is -2.11. The van der Waals surface area contributed by atoms with Crippen molar-refractivity contribution in [2.24, 2.45) is 5.10 Å². The highest BCUT2D eigenvalue weighted by Gasteiger charge is 2.16. The minimum Gasteiger partial charge on any atom is -0.490 e. The van der Waals surface area contributed by atoms with Crippen LogP contribution in [0.2, 0.25) is 0 Å². The Bertz CT molecular complexity index is 1450. The smallest absolute Gasteiger partial charge is 0.353 e. The van der Waals surface area contributed by atoms with Gasteiger partial charge in [0.1, 0.15) is 10.6 Å². The number of carbonyl (C=O) groups is 3. The first kappa shape index (κ1) is 26.5. The van der Waals surface area contributed by atoms with E-state index in [0.29, 0.717) is 28.4 Å². The molecule has 0 aliphatic rings. The van der Waals surface area contributed by atoms with Crippen LogP contribution >= 0.6 is 22.7 Å². The minimum atomic E-state index is -0.592. The van der Waals surface area contributed by atoms with Crippen molar-refractivity contribution in [3.63, 3.8) is 0 Å². The predicted molar refractivity (Wildman–Crippen MR) is 149 cm³/mol. The SMILES string of the molecule is CCOc1cc(C=NNC(=O)C(=Cc2cccs2)NC(=O)c2ccccc2)ccc1OC(=O)c1cccs1. The van der Waals surface area contributed by atoms with Gasteiger partial charge in [-0.15, -0.1) is 22.7 Å². The number of esters is 1. The molecule has 2 aromatic carbocycles. The van der Waals surface area contributed by atoms with Crippen molar-refractivity contribution < 1.29 is 23.9 Å². The van der Waals surface area contributed by atoms with E-state index in [1.54, 1.807) is 72.1 Å². The first-order valence-electron chi connectivity index (χ1n) is 11.5. The summed E-state index contributed by atoms with van der Waals surface area (Å²) in [6.07, 6.45) is 3.01. The number of benzene rings is 2. The summed E-state index contributed by atoms with van der Waals surface area (Å²) in [5.41, 5.74) is 3.51. The maximum Gasteiger partial charge on any atom is 0.353 e. The number of hydrogen-bond acceptors (Lipinski definition) is 8. The lowest BCUT2D eigenvalue weighted by Crippen LogP contribution is -2.32. The van der Waals surface area contributed by atoms with Gasteiger partial charge in [0.25, 0.3) is 11.8 Å². The van der Waals surface area contributed by atoms with Crippen molar-refractivity contribution >= 4 is 52.7 Å². The van der Waals surface area contributed by atoms with Gasteiger partial charge >= 0.3 is 5.97 Å². The summed E-state index contributed by atoms with van der Waals surface area (Å²) in [6, 6.07) is 20.7. The lowest BCUT2D eigenvalue weighted by molar-refractivity contribution is -0.117. The number of thiophene rings is 2. The summed E-state index contributed by atoms with van der Waals surface area (Å²) in [5.74, 6) is -0.846. The van der Waals surface area contributed by atoms with Gasteiger partial charge in [-0.1, -0.05) is 30.3 Å². The van der Waals surface area contributed by atoms with E-state index in [9.17, 15) is 14.4 Å². The van der Waals surface area contributed by atoms with Crippen LogP contribution in [0.25, 0.3) is 6.08 Å². The molecule has 0 aliphatic heterocycles. The molecule has 0 fully saturated rings. The number of hydrazone groups is 1. The molecule has 4 aromatic rings. The van der Waals surface area contributed by atoms with Crippen LogP contribution in [0.4, 0.5) is 0 Å². The van der Waals surface area contributed by atoms with Crippen molar-refractivity contribution in [1.29, 1.82) is 0 Å². The highest BCUT2D eigenvalue weighted by molar-refractivity contribution is 7.12. The molecule has 4 rings (SSSR count). The quantitative estimate of drug-likeness (QED) is 0.0919. The van der Waals surface area contributed by atoms with Crippen LogP contribution in [0.1, 0.15) is 37.4 Å². The molecule has 10 heteroatoms. The van der Waals surface area contributed by atoms with Crippen LogP contribution < -0.4 is 20.2 Å². The molecule has 0 radical (unpaired) electrons. The molecule has 0 saturated heterocycles. The first-order valence-corrected chi connectivity index (χ1v) is 13.3. The first-order chi connectivity index (χ1) is 18.5. The number of hydrogen-bond donors (Lipinski definition) is 2. The van der Waals surface area contributed by atoms with Gasteiger partial charge in [-0.25, -0.2) is 10.2 Å². The number of amides is 2. The van der Waals surface area contributed by atoms with Gasteiger partial charge in [0.15, 0.2) is 11.5 Å². The second-order valence-corrected chi connectivity index (χ2v) is 9.53. The van der Waals surface area contributed by atoms with Gasteiger partial charge < -0.3 is 14.8 Å². The lowest BCUT2D eigenvalue weighted by atomic mass is 10.2. The molecule has 192 valence electrons. The molecule has 2 aromatic heterocycles. The number of nitrogens with zero attached hydrogens (tertiary/aromatic N) is 1. The van der Waals surface area contributed by atoms with E-state index in [1.165, 1.54) is 28.9 Å². The molecule has 2 amide bonds. The van der Waals surface area contributed by atoms with Crippen LogP contribution in [0.3, 0.4) is 0 Å². The van der Waals surface area contributed by atoms with Crippen LogP contribution in [0.15, 0.2) is 94.4 Å². The highest BCUT2D eigenvalue weighted by Crippen LogP contribution is 2.29. The number of carbonyl (C=O) groups excluding carboxylic acids is 3. The fourth-order valence-corrected chi connectivity index (χ4v) is 4.44. The summed E-state index contributed by atoms with van der Waals surface area (Å²) in [4.78, 5) is 39.2. The zero-order valence-corrected chi connectivity index (χ0v) is 21.9. The highest BCUT2D eigenvalue weighted by atomic mass is 32.1. The molecular weight excluding hydrogens is 522 g/mol.